The van der Waals surface area contributed by atoms with Gasteiger partial charge in [0.2, 0.25) is 0 Å². The Bertz CT molecular complexity index is 609. The van der Waals surface area contributed by atoms with Crippen molar-refractivity contribution in [1.82, 2.24) is 4.98 Å². The predicted octanol–water partition coefficient (Wildman–Crippen LogP) is 3.88. The van der Waals surface area contributed by atoms with E-state index in [0.29, 0.717) is 5.92 Å². The van der Waals surface area contributed by atoms with Crippen LogP contribution in [0.5, 0.6) is 0 Å². The van der Waals surface area contributed by atoms with Crippen LogP contribution >= 0.6 is 15.9 Å². The summed E-state index contributed by atoms with van der Waals surface area (Å²) >= 11 is 3.50. The Labute approximate surface area is 122 Å². The Morgan fingerprint density at radius 3 is 3.00 bits per heavy atom. The van der Waals surface area contributed by atoms with Gasteiger partial charge >= 0.3 is 0 Å². The molecule has 0 fully saturated rings. The number of nitrogens with two attached hydrogens (primary N) is 1. The van der Waals surface area contributed by atoms with E-state index in [4.69, 9.17) is 5.73 Å². The van der Waals surface area contributed by atoms with Gasteiger partial charge < -0.3 is 5.73 Å². The molecule has 1 aliphatic carbocycles. The maximum Gasteiger partial charge on any atom is 0.0485 e. The van der Waals surface area contributed by atoms with Crippen molar-refractivity contribution in [3.05, 3.63) is 63.4 Å². The van der Waals surface area contributed by atoms with Gasteiger partial charge in [-0.15, -0.1) is 0 Å². The van der Waals surface area contributed by atoms with Crippen molar-refractivity contribution in [2.24, 2.45) is 5.73 Å². The van der Waals surface area contributed by atoms with Gasteiger partial charge in [-0.3, -0.25) is 4.98 Å². The predicted molar refractivity (Wildman–Crippen MR) is 81.1 cm³/mol. The first-order chi connectivity index (χ1) is 9.16. The van der Waals surface area contributed by atoms with Crippen LogP contribution in [-0.2, 0) is 6.42 Å². The molecule has 0 radical (unpaired) electrons. The summed E-state index contributed by atoms with van der Waals surface area (Å²) in [5.41, 5.74) is 11.5. The van der Waals surface area contributed by atoms with Crippen LogP contribution in [-0.4, -0.2) is 4.98 Å². The summed E-state index contributed by atoms with van der Waals surface area (Å²) < 4.78 is 1.10. The molecular weight excluding hydrogens is 300 g/mol. The molecule has 0 spiro atoms. The molecule has 3 rings (SSSR count). The fraction of sp³-hybridized carbons (Fsp3) is 0.312. The number of nitrogens with zero attached hydrogens (tertiary/aromatic N) is 1. The number of hydrogen-bond acceptors (Lipinski definition) is 2. The maximum absolute atomic E-state index is 6.51. The number of benzene rings is 1. The highest BCUT2D eigenvalue weighted by Crippen LogP contribution is 2.40. The highest BCUT2D eigenvalue weighted by atomic mass is 79.9. The average molecular weight is 317 g/mol. The Kier molecular flexibility index (Phi) is 3.42. The third-order valence-electron chi connectivity index (χ3n) is 4.03. The van der Waals surface area contributed by atoms with E-state index in [1.807, 2.05) is 12.3 Å². The lowest BCUT2D eigenvalue weighted by molar-refractivity contribution is 0.539. The van der Waals surface area contributed by atoms with E-state index in [-0.39, 0.29) is 6.04 Å². The van der Waals surface area contributed by atoms with Gasteiger partial charge in [-0.05, 0) is 54.7 Å². The molecule has 1 aromatic heterocycles. The van der Waals surface area contributed by atoms with E-state index in [1.54, 1.807) is 0 Å². The first kappa shape index (κ1) is 12.8. The Morgan fingerprint density at radius 1 is 1.37 bits per heavy atom. The highest BCUT2D eigenvalue weighted by Gasteiger charge is 2.30. The van der Waals surface area contributed by atoms with E-state index >= 15 is 0 Å². The zero-order chi connectivity index (χ0) is 13.4. The van der Waals surface area contributed by atoms with Gasteiger partial charge in [-0.2, -0.15) is 0 Å². The van der Waals surface area contributed by atoms with Crippen LogP contribution in [0.2, 0.25) is 0 Å². The average Bonchev–Trinajstić information content (AvgIpc) is 2.82. The van der Waals surface area contributed by atoms with Crippen LogP contribution in [0, 0.1) is 6.92 Å². The van der Waals surface area contributed by atoms with Crippen molar-refractivity contribution in [2.45, 2.75) is 31.7 Å². The number of halogens is 1. The minimum Gasteiger partial charge on any atom is -0.323 e. The lowest BCUT2D eigenvalue weighted by Crippen LogP contribution is -2.19. The summed E-state index contributed by atoms with van der Waals surface area (Å²) in [6.45, 7) is 2.12. The summed E-state index contributed by atoms with van der Waals surface area (Å²) in [5, 5.41) is 0. The van der Waals surface area contributed by atoms with E-state index in [1.165, 1.54) is 22.4 Å². The van der Waals surface area contributed by atoms with Crippen LogP contribution in [0.1, 0.15) is 40.8 Å². The van der Waals surface area contributed by atoms with Crippen molar-refractivity contribution in [3.8, 4) is 0 Å². The zero-order valence-corrected chi connectivity index (χ0v) is 12.5. The zero-order valence-electron chi connectivity index (χ0n) is 10.9. The molecular formula is C16H17BrN2. The lowest BCUT2D eigenvalue weighted by Gasteiger charge is -2.22. The fourth-order valence-corrected chi connectivity index (χ4v) is 3.50. The fourth-order valence-electron chi connectivity index (χ4n) is 3.02. The van der Waals surface area contributed by atoms with Crippen LogP contribution in [0.25, 0.3) is 0 Å². The third-order valence-corrected chi connectivity index (χ3v) is 4.52. The Morgan fingerprint density at radius 2 is 2.21 bits per heavy atom. The lowest BCUT2D eigenvalue weighted by atomic mass is 9.89. The molecule has 0 saturated carbocycles. The summed E-state index contributed by atoms with van der Waals surface area (Å²) in [7, 11) is 0. The number of aryl methyl sites for hydroxylation is 2. The molecule has 1 aliphatic rings. The summed E-state index contributed by atoms with van der Waals surface area (Å²) in [6.07, 6.45) is 4.07. The van der Waals surface area contributed by atoms with Gasteiger partial charge in [-0.1, -0.05) is 28.1 Å². The summed E-state index contributed by atoms with van der Waals surface area (Å²) in [6, 6.07) is 10.5. The number of aromatic nitrogens is 1. The monoisotopic (exact) mass is 316 g/mol. The van der Waals surface area contributed by atoms with E-state index in [9.17, 15) is 0 Å². The van der Waals surface area contributed by atoms with Gasteiger partial charge in [0.15, 0.2) is 0 Å². The van der Waals surface area contributed by atoms with Gasteiger partial charge in [0.05, 0.1) is 0 Å². The van der Waals surface area contributed by atoms with Crippen molar-refractivity contribution in [3.63, 3.8) is 0 Å². The molecule has 3 heteroatoms. The van der Waals surface area contributed by atoms with Crippen molar-refractivity contribution in [1.29, 1.82) is 0 Å². The quantitative estimate of drug-likeness (QED) is 0.913. The second-order valence-corrected chi connectivity index (χ2v) is 6.14. The van der Waals surface area contributed by atoms with Gasteiger partial charge in [0.25, 0.3) is 0 Å². The molecule has 0 aliphatic heterocycles. The van der Waals surface area contributed by atoms with Gasteiger partial charge in [-0.25, -0.2) is 0 Å². The van der Waals surface area contributed by atoms with Crippen molar-refractivity contribution >= 4 is 15.9 Å². The SMILES string of the molecule is Cc1cc(Br)ccc1C(N)C1CCc2cccnc21. The molecule has 0 saturated heterocycles. The van der Waals surface area contributed by atoms with E-state index in [2.05, 4.69) is 52.1 Å². The molecule has 2 N–H and O–H groups in total. The number of rotatable bonds is 2. The molecule has 0 amide bonds. The van der Waals surface area contributed by atoms with E-state index < -0.39 is 0 Å². The molecule has 2 aromatic rings. The van der Waals surface area contributed by atoms with Crippen LogP contribution in [0.3, 0.4) is 0 Å². The van der Waals surface area contributed by atoms with Crippen LogP contribution in [0.15, 0.2) is 41.0 Å². The van der Waals surface area contributed by atoms with Crippen LogP contribution < -0.4 is 5.73 Å². The maximum atomic E-state index is 6.51. The number of fused-ring (bicyclic) bond motifs is 1. The minimum atomic E-state index is 0.0317. The van der Waals surface area contributed by atoms with E-state index in [0.717, 1.165) is 17.3 Å². The standard InChI is InChI=1S/C16H17BrN2/c1-10-9-12(17)5-7-13(10)15(18)14-6-4-11-3-2-8-19-16(11)14/h2-3,5,7-9,14-15H,4,6,18H2,1H3. The molecule has 0 bridgehead atoms. The molecule has 19 heavy (non-hydrogen) atoms. The highest BCUT2D eigenvalue weighted by molar-refractivity contribution is 9.10. The molecule has 2 nitrogen and oxygen atoms in total. The minimum absolute atomic E-state index is 0.0317. The largest absolute Gasteiger partial charge is 0.323 e. The van der Waals surface area contributed by atoms with Gasteiger partial charge in [0.1, 0.15) is 0 Å². The first-order valence-electron chi connectivity index (χ1n) is 6.62. The summed E-state index contributed by atoms with van der Waals surface area (Å²) in [4.78, 5) is 4.55. The second kappa shape index (κ2) is 5.06. The van der Waals surface area contributed by atoms with Gasteiger partial charge in [0, 0.05) is 28.3 Å². The second-order valence-electron chi connectivity index (χ2n) is 5.22. The molecule has 98 valence electrons. The Hall–Kier alpha value is -1.19. The smallest absolute Gasteiger partial charge is 0.0485 e. The molecule has 1 heterocycles. The van der Waals surface area contributed by atoms with Crippen LogP contribution in [0.4, 0.5) is 0 Å². The van der Waals surface area contributed by atoms with Crippen molar-refractivity contribution in [2.75, 3.05) is 0 Å². The molecule has 2 unspecified atom stereocenters. The van der Waals surface area contributed by atoms with Crippen molar-refractivity contribution < 1.29 is 0 Å². The number of hydrogen-bond donors (Lipinski definition) is 1. The summed E-state index contributed by atoms with van der Waals surface area (Å²) in [5.74, 6) is 0.344. The molecule has 2 atom stereocenters. The molecule has 1 aromatic carbocycles. The first-order valence-corrected chi connectivity index (χ1v) is 7.41. The number of pyridine rings is 1. The normalized spacial score (nSPS) is 19.2. The topological polar surface area (TPSA) is 38.9 Å². The third kappa shape index (κ3) is 2.33. The Balaban J connectivity index is 1.95.